The van der Waals surface area contributed by atoms with Crippen LogP contribution < -0.4 is 10.2 Å². The molecule has 1 aliphatic rings. The third-order valence-corrected chi connectivity index (χ3v) is 4.85. The van der Waals surface area contributed by atoms with Crippen LogP contribution in [0, 0.1) is 0 Å². The number of hydrogen-bond acceptors (Lipinski definition) is 3. The van der Waals surface area contributed by atoms with Crippen molar-refractivity contribution in [2.45, 2.75) is 45.7 Å². The molecule has 21 heavy (non-hydrogen) atoms. The second-order valence-corrected chi connectivity index (χ2v) is 6.11. The van der Waals surface area contributed by atoms with Gasteiger partial charge in [-0.15, -0.1) is 0 Å². The predicted molar refractivity (Wildman–Crippen MR) is 92.1 cm³/mol. The molecule has 1 unspecified atom stereocenters. The third kappa shape index (κ3) is 3.98. The fourth-order valence-electron chi connectivity index (χ4n) is 3.41. The van der Waals surface area contributed by atoms with Crippen LogP contribution in [-0.2, 0) is 0 Å². The van der Waals surface area contributed by atoms with E-state index in [4.69, 9.17) is 0 Å². The zero-order valence-corrected chi connectivity index (χ0v) is 14.1. The number of likely N-dealkylation sites (tertiary alicyclic amines) is 1. The molecule has 118 valence electrons. The Morgan fingerprint density at radius 2 is 1.90 bits per heavy atom. The lowest BCUT2D eigenvalue weighted by Crippen LogP contribution is -2.43. The van der Waals surface area contributed by atoms with E-state index in [1.165, 1.54) is 43.7 Å². The van der Waals surface area contributed by atoms with Crippen LogP contribution >= 0.6 is 0 Å². The van der Waals surface area contributed by atoms with Crippen LogP contribution in [0.1, 0.15) is 45.2 Å². The fraction of sp³-hybridized carbons (Fsp3) is 0.667. The molecule has 1 aromatic rings. The molecule has 1 heterocycles. The van der Waals surface area contributed by atoms with Gasteiger partial charge < -0.3 is 15.1 Å². The Hall–Kier alpha value is -1.06. The molecule has 0 aromatic heterocycles. The lowest BCUT2D eigenvalue weighted by molar-refractivity contribution is 0.220. The Labute approximate surface area is 130 Å². The van der Waals surface area contributed by atoms with Gasteiger partial charge in [-0.2, -0.15) is 0 Å². The maximum absolute atomic E-state index is 3.54. The van der Waals surface area contributed by atoms with E-state index in [1.54, 1.807) is 0 Å². The molecule has 1 atom stereocenters. The Bertz CT molecular complexity index is 424. The fourth-order valence-corrected chi connectivity index (χ4v) is 3.41. The van der Waals surface area contributed by atoms with Crippen LogP contribution in [0.4, 0.5) is 5.69 Å². The number of anilines is 1. The van der Waals surface area contributed by atoms with Crippen molar-refractivity contribution in [3.05, 3.63) is 29.8 Å². The van der Waals surface area contributed by atoms with Crippen molar-refractivity contribution in [3.8, 4) is 0 Å². The monoisotopic (exact) mass is 289 g/mol. The van der Waals surface area contributed by atoms with Crippen molar-refractivity contribution in [2.75, 3.05) is 38.1 Å². The quantitative estimate of drug-likeness (QED) is 0.867. The Morgan fingerprint density at radius 3 is 2.52 bits per heavy atom. The Kier molecular flexibility index (Phi) is 6.07. The van der Waals surface area contributed by atoms with Crippen LogP contribution in [0.3, 0.4) is 0 Å². The van der Waals surface area contributed by atoms with Gasteiger partial charge in [-0.05, 0) is 44.5 Å². The van der Waals surface area contributed by atoms with E-state index < -0.39 is 0 Å². The summed E-state index contributed by atoms with van der Waals surface area (Å²) >= 11 is 0. The summed E-state index contributed by atoms with van der Waals surface area (Å²) in [7, 11) is 2.27. The minimum Gasteiger partial charge on any atom is -0.371 e. The minimum absolute atomic E-state index is 0.407. The van der Waals surface area contributed by atoms with Crippen LogP contribution in [0.15, 0.2) is 24.3 Å². The molecule has 0 spiro atoms. The number of nitrogens with zero attached hydrogens (tertiary/aromatic N) is 2. The highest BCUT2D eigenvalue weighted by Crippen LogP contribution is 2.29. The third-order valence-electron chi connectivity index (χ3n) is 4.85. The van der Waals surface area contributed by atoms with Crippen molar-refractivity contribution < 1.29 is 0 Å². The van der Waals surface area contributed by atoms with Gasteiger partial charge in [0.05, 0.1) is 0 Å². The molecule has 3 nitrogen and oxygen atoms in total. The SMILES string of the molecule is CCNC(C)c1ccccc1N(C)C1CCN(CC)CC1. The number of piperidine rings is 1. The average molecular weight is 289 g/mol. The van der Waals surface area contributed by atoms with Crippen molar-refractivity contribution in [1.82, 2.24) is 10.2 Å². The summed E-state index contributed by atoms with van der Waals surface area (Å²) in [6.07, 6.45) is 2.54. The van der Waals surface area contributed by atoms with E-state index in [2.05, 4.69) is 67.2 Å². The molecule has 1 saturated heterocycles. The van der Waals surface area contributed by atoms with Crippen molar-refractivity contribution in [2.24, 2.45) is 0 Å². The average Bonchev–Trinajstić information content (AvgIpc) is 2.54. The summed E-state index contributed by atoms with van der Waals surface area (Å²) in [6, 6.07) is 9.93. The minimum atomic E-state index is 0.407. The van der Waals surface area contributed by atoms with E-state index in [-0.39, 0.29) is 0 Å². The molecule has 3 heteroatoms. The zero-order chi connectivity index (χ0) is 15.2. The van der Waals surface area contributed by atoms with E-state index in [0.717, 1.165) is 6.54 Å². The van der Waals surface area contributed by atoms with Gasteiger partial charge in [0.15, 0.2) is 0 Å². The van der Waals surface area contributed by atoms with E-state index in [0.29, 0.717) is 12.1 Å². The summed E-state index contributed by atoms with van der Waals surface area (Å²) < 4.78 is 0. The number of rotatable bonds is 6. The lowest BCUT2D eigenvalue weighted by atomic mass is 9.99. The molecular weight excluding hydrogens is 258 g/mol. The van der Waals surface area contributed by atoms with Crippen molar-refractivity contribution in [3.63, 3.8) is 0 Å². The summed E-state index contributed by atoms with van der Waals surface area (Å²) in [6.45, 7) is 11.3. The molecular formula is C18H31N3. The van der Waals surface area contributed by atoms with Gasteiger partial charge in [0.1, 0.15) is 0 Å². The number of benzene rings is 1. The van der Waals surface area contributed by atoms with Gasteiger partial charge in [0, 0.05) is 37.9 Å². The zero-order valence-electron chi connectivity index (χ0n) is 14.1. The van der Waals surface area contributed by atoms with Crippen LogP contribution in [0.5, 0.6) is 0 Å². The highest BCUT2D eigenvalue weighted by atomic mass is 15.2. The highest BCUT2D eigenvalue weighted by molar-refractivity contribution is 5.55. The van der Waals surface area contributed by atoms with Crippen molar-refractivity contribution in [1.29, 1.82) is 0 Å². The summed E-state index contributed by atoms with van der Waals surface area (Å²) in [5, 5.41) is 3.54. The molecule has 0 radical (unpaired) electrons. The molecule has 0 amide bonds. The van der Waals surface area contributed by atoms with E-state index in [9.17, 15) is 0 Å². The summed E-state index contributed by atoms with van der Waals surface area (Å²) in [5.74, 6) is 0. The summed E-state index contributed by atoms with van der Waals surface area (Å²) in [4.78, 5) is 5.06. The van der Waals surface area contributed by atoms with Crippen molar-refractivity contribution >= 4 is 5.69 Å². The topological polar surface area (TPSA) is 18.5 Å². The smallest absolute Gasteiger partial charge is 0.0414 e. The van der Waals surface area contributed by atoms with Gasteiger partial charge in [-0.3, -0.25) is 0 Å². The first kappa shape index (κ1) is 16.3. The second-order valence-electron chi connectivity index (χ2n) is 6.11. The van der Waals surface area contributed by atoms with Crippen LogP contribution in [0.2, 0.25) is 0 Å². The first-order valence-electron chi connectivity index (χ1n) is 8.44. The van der Waals surface area contributed by atoms with Gasteiger partial charge in [-0.25, -0.2) is 0 Å². The van der Waals surface area contributed by atoms with Gasteiger partial charge >= 0.3 is 0 Å². The standard InChI is InChI=1S/C18H31N3/c1-5-19-15(3)17-9-7-8-10-18(17)20(4)16-11-13-21(6-2)14-12-16/h7-10,15-16,19H,5-6,11-14H2,1-4H3. The molecule has 1 aromatic carbocycles. The second kappa shape index (κ2) is 7.81. The normalized spacial score (nSPS) is 18.7. The first-order valence-corrected chi connectivity index (χ1v) is 8.44. The van der Waals surface area contributed by atoms with E-state index in [1.807, 2.05) is 0 Å². The Morgan fingerprint density at radius 1 is 1.24 bits per heavy atom. The number of hydrogen-bond donors (Lipinski definition) is 1. The molecule has 1 aliphatic heterocycles. The van der Waals surface area contributed by atoms with Crippen LogP contribution in [0.25, 0.3) is 0 Å². The number of nitrogens with one attached hydrogen (secondary N) is 1. The maximum Gasteiger partial charge on any atom is 0.0414 e. The summed E-state index contributed by atoms with van der Waals surface area (Å²) in [5.41, 5.74) is 2.81. The van der Waals surface area contributed by atoms with Gasteiger partial charge in [-0.1, -0.05) is 32.0 Å². The highest BCUT2D eigenvalue weighted by Gasteiger charge is 2.23. The lowest BCUT2D eigenvalue weighted by Gasteiger charge is -2.38. The molecule has 2 rings (SSSR count). The van der Waals surface area contributed by atoms with Gasteiger partial charge in [0.2, 0.25) is 0 Å². The Balaban J connectivity index is 2.10. The molecule has 1 fully saturated rings. The molecule has 1 N–H and O–H groups in total. The predicted octanol–water partition coefficient (Wildman–Crippen LogP) is 3.28. The maximum atomic E-state index is 3.54. The number of para-hydroxylation sites is 1. The van der Waals surface area contributed by atoms with E-state index >= 15 is 0 Å². The first-order chi connectivity index (χ1) is 10.2. The largest absolute Gasteiger partial charge is 0.371 e. The molecule has 0 aliphatic carbocycles. The molecule has 0 bridgehead atoms. The molecule has 0 saturated carbocycles. The van der Waals surface area contributed by atoms with Gasteiger partial charge in [0.25, 0.3) is 0 Å². The van der Waals surface area contributed by atoms with Crippen LogP contribution in [-0.4, -0.2) is 44.2 Å².